The van der Waals surface area contributed by atoms with Gasteiger partial charge in [-0.3, -0.25) is 4.90 Å². The number of fused-ring (bicyclic) bond motifs is 1. The predicted molar refractivity (Wildman–Crippen MR) is 128 cm³/mol. The van der Waals surface area contributed by atoms with Crippen LogP contribution in [0.5, 0.6) is 11.5 Å². The van der Waals surface area contributed by atoms with Gasteiger partial charge in [0, 0.05) is 24.2 Å². The maximum absolute atomic E-state index is 14.5. The molecule has 33 heavy (non-hydrogen) atoms. The summed E-state index contributed by atoms with van der Waals surface area (Å²) in [7, 11) is 3.24. The second kappa shape index (κ2) is 10.4. The molecule has 1 aliphatic rings. The minimum atomic E-state index is -0.351. The van der Waals surface area contributed by atoms with Crippen LogP contribution in [0.3, 0.4) is 0 Å². The summed E-state index contributed by atoms with van der Waals surface area (Å²) >= 11 is 0. The second-order valence-electron chi connectivity index (χ2n) is 9.53. The van der Waals surface area contributed by atoms with Crippen molar-refractivity contribution in [2.45, 2.75) is 64.7 Å². The van der Waals surface area contributed by atoms with Crippen LogP contribution in [-0.4, -0.2) is 43.3 Å². The first-order valence-electron chi connectivity index (χ1n) is 11.5. The first-order chi connectivity index (χ1) is 15.7. The second-order valence-corrected chi connectivity index (χ2v) is 9.53. The lowest BCUT2D eigenvalue weighted by Crippen LogP contribution is -2.54. The maximum Gasteiger partial charge on any atom is 0.315 e. The lowest BCUT2D eigenvalue weighted by Gasteiger charge is -2.42. The molecular formula is C26H36FN3O3. The molecule has 0 fully saturated rings. The van der Waals surface area contributed by atoms with Gasteiger partial charge in [-0.05, 0) is 62.9 Å². The highest BCUT2D eigenvalue weighted by Gasteiger charge is 2.35. The normalized spacial score (nSPS) is 17.1. The van der Waals surface area contributed by atoms with Gasteiger partial charge < -0.3 is 20.1 Å². The number of hydrogen-bond acceptors (Lipinski definition) is 4. The fraction of sp³-hybridized carbons (Fsp3) is 0.500. The molecule has 3 rings (SSSR count). The third-order valence-electron chi connectivity index (χ3n) is 5.98. The van der Waals surface area contributed by atoms with Gasteiger partial charge in [0.1, 0.15) is 5.82 Å². The number of methoxy groups -OCH3 is 2. The van der Waals surface area contributed by atoms with Crippen molar-refractivity contribution in [2.75, 3.05) is 20.8 Å². The monoisotopic (exact) mass is 457 g/mol. The SMILES string of the molecule is CCC(NC(=O)NC(C)(C)C)C1c2cc(OC)c(OC)cc2CCN1Cc1ccccc1F. The van der Waals surface area contributed by atoms with E-state index in [1.165, 1.54) is 6.07 Å². The number of nitrogens with zero attached hydrogens (tertiary/aromatic N) is 1. The molecule has 2 unspecified atom stereocenters. The summed E-state index contributed by atoms with van der Waals surface area (Å²) in [6, 6.07) is 10.3. The number of rotatable bonds is 7. The Labute approximate surface area is 196 Å². The Kier molecular flexibility index (Phi) is 7.84. The highest BCUT2D eigenvalue weighted by atomic mass is 19.1. The molecule has 2 atom stereocenters. The summed E-state index contributed by atoms with van der Waals surface area (Å²) in [5.41, 5.74) is 2.51. The summed E-state index contributed by atoms with van der Waals surface area (Å²) < 4.78 is 25.6. The highest BCUT2D eigenvalue weighted by molar-refractivity contribution is 5.75. The van der Waals surface area contributed by atoms with Crippen molar-refractivity contribution in [3.8, 4) is 11.5 Å². The van der Waals surface area contributed by atoms with Crippen molar-refractivity contribution in [3.05, 3.63) is 58.9 Å². The maximum atomic E-state index is 14.5. The molecule has 0 saturated heterocycles. The molecule has 180 valence electrons. The van der Waals surface area contributed by atoms with Crippen LogP contribution < -0.4 is 20.1 Å². The molecule has 0 saturated carbocycles. The van der Waals surface area contributed by atoms with Gasteiger partial charge in [0.05, 0.1) is 26.3 Å². The number of ether oxygens (including phenoxy) is 2. The van der Waals surface area contributed by atoms with E-state index >= 15 is 0 Å². The Morgan fingerprint density at radius 3 is 2.45 bits per heavy atom. The van der Waals surface area contributed by atoms with Crippen LogP contribution in [0.25, 0.3) is 0 Å². The molecule has 0 bridgehead atoms. The minimum Gasteiger partial charge on any atom is -0.493 e. The number of halogens is 1. The molecule has 1 heterocycles. The fourth-order valence-corrected chi connectivity index (χ4v) is 4.47. The zero-order valence-corrected chi connectivity index (χ0v) is 20.5. The molecule has 7 heteroatoms. The van der Waals surface area contributed by atoms with Gasteiger partial charge in [0.25, 0.3) is 0 Å². The zero-order chi connectivity index (χ0) is 24.2. The van der Waals surface area contributed by atoms with Crippen molar-refractivity contribution < 1.29 is 18.7 Å². The predicted octanol–water partition coefficient (Wildman–Crippen LogP) is 4.82. The molecule has 0 spiro atoms. The Morgan fingerprint density at radius 1 is 1.18 bits per heavy atom. The summed E-state index contributed by atoms with van der Waals surface area (Å²) in [6.07, 6.45) is 1.51. The van der Waals surface area contributed by atoms with Crippen LogP contribution in [0.1, 0.15) is 56.8 Å². The number of urea groups is 1. The average molecular weight is 458 g/mol. The molecule has 2 aromatic carbocycles. The van der Waals surface area contributed by atoms with E-state index in [1.807, 2.05) is 45.0 Å². The van der Waals surface area contributed by atoms with E-state index in [1.54, 1.807) is 20.3 Å². The van der Waals surface area contributed by atoms with E-state index in [0.29, 0.717) is 30.0 Å². The van der Waals surface area contributed by atoms with Crippen LogP contribution in [0.15, 0.2) is 36.4 Å². The highest BCUT2D eigenvalue weighted by Crippen LogP contribution is 2.40. The molecule has 0 radical (unpaired) electrons. The van der Waals surface area contributed by atoms with E-state index in [9.17, 15) is 9.18 Å². The van der Waals surface area contributed by atoms with E-state index in [0.717, 1.165) is 24.1 Å². The molecule has 2 N–H and O–H groups in total. The third-order valence-corrected chi connectivity index (χ3v) is 5.98. The van der Waals surface area contributed by atoms with Gasteiger partial charge in [0.2, 0.25) is 0 Å². The first-order valence-corrected chi connectivity index (χ1v) is 11.5. The van der Waals surface area contributed by atoms with Crippen molar-refractivity contribution in [2.24, 2.45) is 0 Å². The topological polar surface area (TPSA) is 62.8 Å². The molecule has 2 aromatic rings. The van der Waals surface area contributed by atoms with Crippen LogP contribution in [-0.2, 0) is 13.0 Å². The lowest BCUT2D eigenvalue weighted by atomic mass is 9.86. The lowest BCUT2D eigenvalue weighted by molar-refractivity contribution is 0.133. The van der Waals surface area contributed by atoms with Gasteiger partial charge in [-0.25, -0.2) is 9.18 Å². The van der Waals surface area contributed by atoms with Crippen LogP contribution >= 0.6 is 0 Å². The Morgan fingerprint density at radius 2 is 1.85 bits per heavy atom. The first kappa shape index (κ1) is 24.8. The molecule has 1 aliphatic heterocycles. The van der Waals surface area contributed by atoms with Crippen molar-refractivity contribution in [3.63, 3.8) is 0 Å². The van der Waals surface area contributed by atoms with Gasteiger partial charge in [-0.2, -0.15) is 0 Å². The van der Waals surface area contributed by atoms with E-state index < -0.39 is 0 Å². The molecule has 6 nitrogen and oxygen atoms in total. The van der Waals surface area contributed by atoms with Crippen LogP contribution in [0, 0.1) is 5.82 Å². The van der Waals surface area contributed by atoms with E-state index in [-0.39, 0.29) is 29.5 Å². The minimum absolute atomic E-state index is 0.149. The average Bonchev–Trinajstić information content (AvgIpc) is 2.77. The molecular weight excluding hydrogens is 421 g/mol. The van der Waals surface area contributed by atoms with Crippen molar-refractivity contribution in [1.29, 1.82) is 0 Å². The van der Waals surface area contributed by atoms with E-state index in [4.69, 9.17) is 9.47 Å². The van der Waals surface area contributed by atoms with Gasteiger partial charge >= 0.3 is 6.03 Å². The number of carbonyl (C=O) groups is 1. The quantitative estimate of drug-likeness (QED) is 0.626. The fourth-order valence-electron chi connectivity index (χ4n) is 4.47. The number of hydrogen-bond donors (Lipinski definition) is 2. The summed E-state index contributed by atoms with van der Waals surface area (Å²) in [5.74, 6) is 1.10. The van der Waals surface area contributed by atoms with Gasteiger partial charge in [-0.15, -0.1) is 0 Å². The Hall–Kier alpha value is -2.80. The number of carbonyl (C=O) groups excluding carboxylic acids is 1. The number of benzene rings is 2. The van der Waals surface area contributed by atoms with E-state index in [2.05, 4.69) is 22.5 Å². The Balaban J connectivity index is 2.01. The van der Waals surface area contributed by atoms with Gasteiger partial charge in [-0.1, -0.05) is 25.1 Å². The standard InChI is InChI=1S/C26H36FN3O3/c1-7-21(28-25(31)29-26(2,3)4)24-19-15-23(33-6)22(32-5)14-17(19)12-13-30(24)16-18-10-8-9-11-20(18)27/h8-11,14-15,21,24H,7,12-13,16H2,1-6H3,(H2,28,29,31). The summed E-state index contributed by atoms with van der Waals surface area (Å²) in [5, 5.41) is 6.16. The van der Waals surface area contributed by atoms with Crippen molar-refractivity contribution in [1.82, 2.24) is 15.5 Å². The molecule has 0 aliphatic carbocycles. The largest absolute Gasteiger partial charge is 0.493 e. The van der Waals surface area contributed by atoms with Crippen LogP contribution in [0.4, 0.5) is 9.18 Å². The summed E-state index contributed by atoms with van der Waals surface area (Å²) in [6.45, 7) is 9.09. The molecule has 0 aromatic heterocycles. The Bertz CT molecular complexity index is 974. The molecule has 2 amide bonds. The van der Waals surface area contributed by atoms with Crippen LogP contribution in [0.2, 0.25) is 0 Å². The number of amides is 2. The number of nitrogens with one attached hydrogen (secondary N) is 2. The zero-order valence-electron chi connectivity index (χ0n) is 20.5. The van der Waals surface area contributed by atoms with Crippen molar-refractivity contribution >= 4 is 6.03 Å². The van der Waals surface area contributed by atoms with Gasteiger partial charge in [0.15, 0.2) is 11.5 Å². The third kappa shape index (κ3) is 5.96. The summed E-state index contributed by atoms with van der Waals surface area (Å²) in [4.78, 5) is 15.0. The smallest absolute Gasteiger partial charge is 0.315 e.